The number of methoxy groups -OCH3 is 1. The van der Waals surface area contributed by atoms with Gasteiger partial charge in [-0.2, -0.15) is 0 Å². The Morgan fingerprint density at radius 3 is 2.57 bits per heavy atom. The quantitative estimate of drug-likeness (QED) is 0.792. The van der Waals surface area contributed by atoms with Crippen molar-refractivity contribution in [2.24, 2.45) is 22.7 Å². The number of esters is 1. The van der Waals surface area contributed by atoms with E-state index >= 15 is 0 Å². The van der Waals surface area contributed by atoms with Crippen LogP contribution < -0.4 is 0 Å². The molecule has 3 aliphatic rings. The molecule has 2 saturated carbocycles. The first-order valence-electron chi connectivity index (χ1n) is 9.19. The van der Waals surface area contributed by atoms with E-state index in [9.17, 15) is 9.90 Å². The molecule has 0 radical (unpaired) electrons. The number of aliphatic hydroxyl groups excluding tert-OH is 1. The number of aliphatic hydroxyl groups is 1. The minimum absolute atomic E-state index is 0.0440. The molecule has 0 aromatic carbocycles. The van der Waals surface area contributed by atoms with Gasteiger partial charge >= 0.3 is 5.97 Å². The molecule has 4 heteroatoms. The monoisotopic (exact) mass is 324 g/mol. The summed E-state index contributed by atoms with van der Waals surface area (Å²) in [5.41, 5.74) is -0.758. The minimum Gasteiger partial charge on any atom is -0.469 e. The Morgan fingerprint density at radius 1 is 1.17 bits per heavy atom. The van der Waals surface area contributed by atoms with Crippen LogP contribution in [0, 0.1) is 22.7 Å². The van der Waals surface area contributed by atoms with Crippen molar-refractivity contribution in [1.29, 1.82) is 0 Å². The molecule has 2 aliphatic carbocycles. The number of hydrogen-bond acceptors (Lipinski definition) is 4. The lowest BCUT2D eigenvalue weighted by atomic mass is 9.44. The summed E-state index contributed by atoms with van der Waals surface area (Å²) in [5, 5.41) is 10.2. The van der Waals surface area contributed by atoms with Gasteiger partial charge < -0.3 is 14.6 Å². The van der Waals surface area contributed by atoms with Crippen molar-refractivity contribution < 1.29 is 19.4 Å². The standard InChI is InChI=1S/C19H32O4/c1-13-6-7-15-17(2)9-5-10-18(3,16(21)22-4)14(17)8-11-19(15,12-20)23-13/h13-15,20H,5-12H2,1-4H3/t13-,14-,15-,17+,18+,19+/m1/s1. The van der Waals surface area contributed by atoms with E-state index in [1.807, 2.05) is 0 Å². The molecule has 1 N–H and O–H groups in total. The smallest absolute Gasteiger partial charge is 0.311 e. The molecule has 0 unspecified atom stereocenters. The van der Waals surface area contributed by atoms with E-state index in [2.05, 4.69) is 20.8 Å². The van der Waals surface area contributed by atoms with Crippen molar-refractivity contribution in [3.8, 4) is 0 Å². The maximum atomic E-state index is 12.5. The maximum Gasteiger partial charge on any atom is 0.311 e. The van der Waals surface area contributed by atoms with Crippen molar-refractivity contribution in [2.45, 2.75) is 77.4 Å². The Kier molecular flexibility index (Phi) is 4.29. The second-order valence-electron chi connectivity index (χ2n) is 8.64. The van der Waals surface area contributed by atoms with E-state index in [1.165, 1.54) is 7.11 Å². The van der Waals surface area contributed by atoms with Gasteiger partial charge in [-0.15, -0.1) is 0 Å². The number of fused-ring (bicyclic) bond motifs is 3. The molecule has 0 amide bonds. The zero-order chi connectivity index (χ0) is 16.9. The fourth-order valence-corrected chi connectivity index (χ4v) is 6.44. The van der Waals surface area contributed by atoms with Crippen LogP contribution in [0.5, 0.6) is 0 Å². The Balaban J connectivity index is 1.99. The highest BCUT2D eigenvalue weighted by atomic mass is 16.5. The highest BCUT2D eigenvalue weighted by Gasteiger charge is 2.64. The molecule has 1 aliphatic heterocycles. The zero-order valence-electron chi connectivity index (χ0n) is 15.1. The van der Waals surface area contributed by atoms with Gasteiger partial charge in [0.1, 0.15) is 0 Å². The molecule has 3 fully saturated rings. The first kappa shape index (κ1) is 17.2. The molecule has 132 valence electrons. The predicted molar refractivity (Wildman–Crippen MR) is 87.9 cm³/mol. The van der Waals surface area contributed by atoms with Crippen LogP contribution >= 0.6 is 0 Å². The van der Waals surface area contributed by atoms with Crippen LogP contribution in [0.4, 0.5) is 0 Å². The summed E-state index contributed by atoms with van der Waals surface area (Å²) < 4.78 is 11.5. The molecule has 0 aromatic rings. The van der Waals surface area contributed by atoms with Gasteiger partial charge in [-0.3, -0.25) is 4.79 Å². The van der Waals surface area contributed by atoms with E-state index < -0.39 is 11.0 Å². The van der Waals surface area contributed by atoms with Gasteiger partial charge in [-0.05, 0) is 69.6 Å². The third kappa shape index (κ3) is 2.36. The number of hydrogen-bond donors (Lipinski definition) is 1. The number of rotatable bonds is 2. The molecular weight excluding hydrogens is 292 g/mol. The lowest BCUT2D eigenvalue weighted by Gasteiger charge is -2.64. The minimum atomic E-state index is -0.405. The maximum absolute atomic E-state index is 12.5. The molecule has 1 heterocycles. The Hall–Kier alpha value is -0.610. The van der Waals surface area contributed by atoms with Gasteiger partial charge in [0.25, 0.3) is 0 Å². The van der Waals surface area contributed by atoms with Crippen LogP contribution in [0.3, 0.4) is 0 Å². The highest BCUT2D eigenvalue weighted by molar-refractivity contribution is 5.77. The summed E-state index contributed by atoms with van der Waals surface area (Å²) in [6, 6.07) is 0. The molecule has 0 aromatic heterocycles. The van der Waals surface area contributed by atoms with Crippen molar-refractivity contribution >= 4 is 5.97 Å². The van der Waals surface area contributed by atoms with E-state index in [0.29, 0.717) is 11.8 Å². The summed E-state index contributed by atoms with van der Waals surface area (Å²) in [6.07, 6.45) is 7.22. The number of carbonyl (C=O) groups is 1. The van der Waals surface area contributed by atoms with Crippen LogP contribution in [0.25, 0.3) is 0 Å². The normalized spacial score (nSPS) is 49.9. The predicted octanol–water partition coefficient (Wildman–Crippen LogP) is 3.31. The summed E-state index contributed by atoms with van der Waals surface area (Å²) in [6.45, 7) is 6.64. The van der Waals surface area contributed by atoms with E-state index in [-0.39, 0.29) is 24.1 Å². The Morgan fingerprint density at radius 2 is 1.91 bits per heavy atom. The Bertz CT molecular complexity index is 478. The summed E-state index contributed by atoms with van der Waals surface area (Å²) in [7, 11) is 1.51. The average Bonchev–Trinajstić information content (AvgIpc) is 2.53. The summed E-state index contributed by atoms with van der Waals surface area (Å²) in [5.74, 6) is 0.590. The number of carbonyl (C=O) groups excluding carboxylic acids is 1. The first-order chi connectivity index (χ1) is 10.8. The van der Waals surface area contributed by atoms with Gasteiger partial charge in [0.2, 0.25) is 0 Å². The highest BCUT2D eigenvalue weighted by Crippen LogP contribution is 2.65. The van der Waals surface area contributed by atoms with E-state index in [1.54, 1.807) is 0 Å². The second kappa shape index (κ2) is 5.73. The second-order valence-corrected chi connectivity index (χ2v) is 8.64. The van der Waals surface area contributed by atoms with Gasteiger partial charge in [-0.1, -0.05) is 13.3 Å². The lowest BCUT2D eigenvalue weighted by Crippen LogP contribution is -2.64. The molecular formula is C19H32O4. The van der Waals surface area contributed by atoms with Crippen LogP contribution in [-0.2, 0) is 14.3 Å². The largest absolute Gasteiger partial charge is 0.469 e. The van der Waals surface area contributed by atoms with Crippen molar-refractivity contribution in [3.63, 3.8) is 0 Å². The van der Waals surface area contributed by atoms with Crippen LogP contribution in [0.2, 0.25) is 0 Å². The SMILES string of the molecule is COC(=O)[C@@]1(C)CCC[C@@]2(C)[C@H]1CC[C@@]1(CO)O[C@H](C)CC[C@@H]12. The van der Waals surface area contributed by atoms with Crippen molar-refractivity contribution in [3.05, 3.63) is 0 Å². The zero-order valence-corrected chi connectivity index (χ0v) is 15.1. The third-order valence-corrected chi connectivity index (χ3v) is 7.48. The average molecular weight is 324 g/mol. The topological polar surface area (TPSA) is 55.8 Å². The molecule has 4 nitrogen and oxygen atoms in total. The molecule has 3 rings (SSSR count). The lowest BCUT2D eigenvalue weighted by molar-refractivity contribution is -0.254. The third-order valence-electron chi connectivity index (χ3n) is 7.48. The van der Waals surface area contributed by atoms with Crippen molar-refractivity contribution in [2.75, 3.05) is 13.7 Å². The van der Waals surface area contributed by atoms with Gasteiger partial charge in [0.05, 0.1) is 30.8 Å². The van der Waals surface area contributed by atoms with Gasteiger partial charge in [0.15, 0.2) is 0 Å². The van der Waals surface area contributed by atoms with Gasteiger partial charge in [-0.25, -0.2) is 0 Å². The summed E-state index contributed by atoms with van der Waals surface area (Å²) >= 11 is 0. The van der Waals surface area contributed by atoms with Crippen LogP contribution in [0.1, 0.15) is 65.7 Å². The molecule has 1 saturated heterocycles. The van der Waals surface area contributed by atoms with Crippen LogP contribution in [0.15, 0.2) is 0 Å². The molecule has 23 heavy (non-hydrogen) atoms. The van der Waals surface area contributed by atoms with Crippen molar-refractivity contribution in [1.82, 2.24) is 0 Å². The first-order valence-corrected chi connectivity index (χ1v) is 9.19. The number of ether oxygens (including phenoxy) is 2. The molecule has 0 bridgehead atoms. The summed E-state index contributed by atoms with van der Waals surface area (Å²) in [4.78, 5) is 12.5. The van der Waals surface area contributed by atoms with E-state index in [0.717, 1.165) is 44.9 Å². The fraction of sp³-hybridized carbons (Fsp3) is 0.947. The fourth-order valence-electron chi connectivity index (χ4n) is 6.44. The molecule has 6 atom stereocenters. The van der Waals surface area contributed by atoms with Crippen LogP contribution in [-0.4, -0.2) is 36.5 Å². The van der Waals surface area contributed by atoms with Gasteiger partial charge in [0, 0.05) is 0 Å². The Labute approximate surface area is 139 Å². The van der Waals surface area contributed by atoms with E-state index in [4.69, 9.17) is 9.47 Å². The molecule has 0 spiro atoms.